The van der Waals surface area contributed by atoms with Crippen molar-refractivity contribution in [2.75, 3.05) is 6.54 Å². The largest absolute Gasteiger partial charge is 0.347 e. The van der Waals surface area contributed by atoms with Crippen molar-refractivity contribution in [1.82, 2.24) is 24.8 Å². The quantitative estimate of drug-likeness (QED) is 0.793. The Labute approximate surface area is 101 Å². The van der Waals surface area contributed by atoms with E-state index in [2.05, 4.69) is 44.9 Å². The van der Waals surface area contributed by atoms with Crippen molar-refractivity contribution in [2.45, 2.75) is 26.9 Å². The minimum Gasteiger partial charge on any atom is -0.347 e. The summed E-state index contributed by atoms with van der Waals surface area (Å²) in [5, 5.41) is 3.38. The van der Waals surface area contributed by atoms with E-state index in [0.29, 0.717) is 5.92 Å². The average Bonchev–Trinajstić information content (AvgIpc) is 2.90. The third kappa shape index (κ3) is 3.71. The maximum absolute atomic E-state index is 4.36. The Balaban J connectivity index is 1.83. The highest BCUT2D eigenvalue weighted by molar-refractivity contribution is 5.01. The summed E-state index contributed by atoms with van der Waals surface area (Å²) in [6.07, 6.45) is 7.44. The molecule has 2 rings (SSSR count). The molecule has 0 spiro atoms. The van der Waals surface area contributed by atoms with Gasteiger partial charge in [-0.1, -0.05) is 13.8 Å². The predicted octanol–water partition coefficient (Wildman–Crippen LogP) is 1.40. The van der Waals surface area contributed by atoms with Gasteiger partial charge in [0, 0.05) is 18.9 Å². The summed E-state index contributed by atoms with van der Waals surface area (Å²) in [5.41, 5.74) is 2.16. The zero-order valence-electron chi connectivity index (χ0n) is 10.3. The van der Waals surface area contributed by atoms with Crippen LogP contribution >= 0.6 is 0 Å². The van der Waals surface area contributed by atoms with Gasteiger partial charge in [0.25, 0.3) is 0 Å². The van der Waals surface area contributed by atoms with Crippen molar-refractivity contribution in [3.63, 3.8) is 0 Å². The van der Waals surface area contributed by atoms with Crippen LogP contribution in [0, 0.1) is 5.92 Å². The third-order valence-corrected chi connectivity index (χ3v) is 2.45. The number of H-pyrrole nitrogens is 1. The highest BCUT2D eigenvalue weighted by Crippen LogP contribution is 2.00. The molecule has 0 unspecified atom stereocenters. The van der Waals surface area contributed by atoms with E-state index in [1.807, 2.05) is 12.5 Å². The van der Waals surface area contributed by atoms with Gasteiger partial charge in [-0.05, 0) is 12.5 Å². The Kier molecular flexibility index (Phi) is 3.93. The van der Waals surface area contributed by atoms with Gasteiger partial charge in [-0.25, -0.2) is 9.97 Å². The van der Waals surface area contributed by atoms with Crippen LogP contribution in [0.1, 0.15) is 25.2 Å². The van der Waals surface area contributed by atoms with Gasteiger partial charge in [0.15, 0.2) is 0 Å². The molecule has 2 aromatic heterocycles. The van der Waals surface area contributed by atoms with Crippen LogP contribution in [-0.4, -0.2) is 26.1 Å². The van der Waals surface area contributed by atoms with E-state index in [0.717, 1.165) is 31.0 Å². The Morgan fingerprint density at radius 1 is 1.47 bits per heavy atom. The van der Waals surface area contributed by atoms with Crippen molar-refractivity contribution < 1.29 is 0 Å². The molecule has 17 heavy (non-hydrogen) atoms. The van der Waals surface area contributed by atoms with Crippen LogP contribution in [0.5, 0.6) is 0 Å². The fraction of sp³-hybridized carbons (Fsp3) is 0.500. The van der Waals surface area contributed by atoms with Gasteiger partial charge < -0.3 is 14.9 Å². The zero-order valence-corrected chi connectivity index (χ0v) is 10.3. The van der Waals surface area contributed by atoms with Gasteiger partial charge >= 0.3 is 0 Å². The van der Waals surface area contributed by atoms with E-state index in [4.69, 9.17) is 0 Å². The fourth-order valence-electron chi connectivity index (χ4n) is 1.64. The van der Waals surface area contributed by atoms with Crippen molar-refractivity contribution in [3.05, 3.63) is 36.4 Å². The van der Waals surface area contributed by atoms with Crippen molar-refractivity contribution in [3.8, 4) is 0 Å². The predicted molar refractivity (Wildman–Crippen MR) is 66.5 cm³/mol. The molecule has 2 N–H and O–H groups in total. The van der Waals surface area contributed by atoms with Crippen LogP contribution < -0.4 is 5.32 Å². The van der Waals surface area contributed by atoms with Crippen molar-refractivity contribution in [1.29, 1.82) is 0 Å². The Morgan fingerprint density at radius 3 is 3.06 bits per heavy atom. The van der Waals surface area contributed by atoms with E-state index in [1.54, 1.807) is 6.33 Å². The summed E-state index contributed by atoms with van der Waals surface area (Å²) < 4.78 is 2.06. The van der Waals surface area contributed by atoms with Gasteiger partial charge in [-0.3, -0.25) is 0 Å². The topological polar surface area (TPSA) is 58.5 Å². The number of nitrogens with one attached hydrogen (secondary N) is 2. The number of hydrogen-bond acceptors (Lipinski definition) is 3. The van der Waals surface area contributed by atoms with Gasteiger partial charge in [0.05, 0.1) is 30.6 Å². The minimum atomic E-state index is 0.669. The molecule has 0 aromatic carbocycles. The molecule has 0 radical (unpaired) electrons. The Morgan fingerprint density at radius 2 is 2.35 bits per heavy atom. The molecule has 0 bridgehead atoms. The van der Waals surface area contributed by atoms with Crippen LogP contribution in [0.3, 0.4) is 0 Å². The molecular formula is C12H19N5. The van der Waals surface area contributed by atoms with Gasteiger partial charge in [-0.2, -0.15) is 0 Å². The molecule has 5 nitrogen and oxygen atoms in total. The molecule has 0 saturated heterocycles. The SMILES string of the molecule is CC(C)CNCc1cn(Cc2cnc[nH]2)cn1. The normalized spacial score (nSPS) is 11.2. The molecule has 0 aliphatic rings. The molecule has 2 aromatic rings. The summed E-state index contributed by atoms with van der Waals surface area (Å²) in [7, 11) is 0. The first kappa shape index (κ1) is 11.9. The van der Waals surface area contributed by atoms with Crippen LogP contribution in [0.25, 0.3) is 0 Å². The molecule has 0 saturated carbocycles. The lowest BCUT2D eigenvalue weighted by atomic mass is 10.2. The lowest BCUT2D eigenvalue weighted by molar-refractivity contribution is 0.548. The molecule has 0 aliphatic heterocycles. The molecule has 0 aliphatic carbocycles. The van der Waals surface area contributed by atoms with Crippen molar-refractivity contribution >= 4 is 0 Å². The average molecular weight is 233 g/mol. The molecular weight excluding hydrogens is 214 g/mol. The van der Waals surface area contributed by atoms with Gasteiger partial charge in [0.1, 0.15) is 0 Å². The fourth-order valence-corrected chi connectivity index (χ4v) is 1.64. The highest BCUT2D eigenvalue weighted by Gasteiger charge is 2.01. The van der Waals surface area contributed by atoms with Crippen LogP contribution in [-0.2, 0) is 13.1 Å². The lowest BCUT2D eigenvalue weighted by Crippen LogP contribution is -2.19. The summed E-state index contributed by atoms with van der Waals surface area (Å²) in [6, 6.07) is 0. The monoisotopic (exact) mass is 233 g/mol. The molecule has 0 amide bonds. The molecule has 0 fully saturated rings. The number of nitrogens with zero attached hydrogens (tertiary/aromatic N) is 3. The lowest BCUT2D eigenvalue weighted by Gasteiger charge is -2.04. The first-order valence-corrected chi connectivity index (χ1v) is 5.92. The minimum absolute atomic E-state index is 0.669. The smallest absolute Gasteiger partial charge is 0.0953 e. The molecule has 5 heteroatoms. The maximum atomic E-state index is 4.36. The summed E-state index contributed by atoms with van der Waals surface area (Å²) in [4.78, 5) is 11.4. The van der Waals surface area contributed by atoms with E-state index in [1.165, 1.54) is 0 Å². The second-order valence-electron chi connectivity index (χ2n) is 4.64. The van der Waals surface area contributed by atoms with E-state index >= 15 is 0 Å². The third-order valence-electron chi connectivity index (χ3n) is 2.45. The summed E-state index contributed by atoms with van der Waals surface area (Å²) in [6.45, 7) is 7.03. The summed E-state index contributed by atoms with van der Waals surface area (Å²) in [5.74, 6) is 0.669. The van der Waals surface area contributed by atoms with E-state index < -0.39 is 0 Å². The van der Waals surface area contributed by atoms with Crippen LogP contribution in [0.4, 0.5) is 0 Å². The maximum Gasteiger partial charge on any atom is 0.0953 e. The van der Waals surface area contributed by atoms with Gasteiger partial charge in [0.2, 0.25) is 0 Å². The van der Waals surface area contributed by atoms with Crippen LogP contribution in [0.2, 0.25) is 0 Å². The second-order valence-corrected chi connectivity index (χ2v) is 4.64. The number of imidazole rings is 2. The van der Waals surface area contributed by atoms with E-state index in [-0.39, 0.29) is 0 Å². The Bertz CT molecular complexity index is 429. The number of aromatic nitrogens is 4. The number of rotatable bonds is 6. The van der Waals surface area contributed by atoms with E-state index in [9.17, 15) is 0 Å². The Hall–Kier alpha value is -1.62. The highest BCUT2D eigenvalue weighted by atomic mass is 15.1. The van der Waals surface area contributed by atoms with Gasteiger partial charge in [-0.15, -0.1) is 0 Å². The first-order valence-electron chi connectivity index (χ1n) is 5.92. The first-order chi connectivity index (χ1) is 8.24. The zero-order chi connectivity index (χ0) is 12.1. The molecule has 2 heterocycles. The molecule has 92 valence electrons. The second kappa shape index (κ2) is 5.63. The summed E-state index contributed by atoms with van der Waals surface area (Å²) >= 11 is 0. The number of hydrogen-bond donors (Lipinski definition) is 2. The number of aromatic amines is 1. The van der Waals surface area contributed by atoms with Crippen LogP contribution in [0.15, 0.2) is 25.0 Å². The molecule has 0 atom stereocenters. The van der Waals surface area contributed by atoms with Crippen molar-refractivity contribution in [2.24, 2.45) is 5.92 Å². The standard InChI is InChI=1S/C12H19N5/c1-10(2)3-13-4-12-7-17(9-16-12)6-11-5-14-8-15-11/h5,7-10,13H,3-4,6H2,1-2H3,(H,14,15).